The predicted octanol–water partition coefficient (Wildman–Crippen LogP) is 24.7. The smallest absolute Gasteiger partial charge is 0.306 e. The molecule has 0 aromatic heterocycles. The highest BCUT2D eigenvalue weighted by Gasteiger charge is 2.19. The highest BCUT2D eigenvalue weighted by atomic mass is 16.6. The monoisotopic (exact) mass is 1130 g/mol. The maximum atomic E-state index is 12.9. The van der Waals surface area contributed by atoms with Crippen LogP contribution in [0.5, 0.6) is 0 Å². The fraction of sp³-hybridized carbons (Fsp3) is 0.827. The minimum atomic E-state index is -0.770. The molecule has 0 saturated carbocycles. The van der Waals surface area contributed by atoms with E-state index < -0.39 is 6.10 Å². The van der Waals surface area contributed by atoms with E-state index in [4.69, 9.17) is 14.2 Å². The van der Waals surface area contributed by atoms with Gasteiger partial charge in [-0.1, -0.05) is 338 Å². The zero-order valence-corrected chi connectivity index (χ0v) is 54.3. The number of rotatable bonds is 66. The average molecular weight is 1130 g/mol. The molecule has 0 saturated heterocycles. The third kappa shape index (κ3) is 67.8. The lowest BCUT2D eigenvalue weighted by atomic mass is 10.0. The fourth-order valence-electron chi connectivity index (χ4n) is 10.7. The SMILES string of the molecule is CC/C=C\C/C=C\C/C=C\C/C=C\CCCCCCCCCCCCCCCCCCCCCCCCC(=O)OCC(COC(=O)CCCCCCCCC)OC(=O)CCCCCCCCCCC/C=C\CCCCCCCCCC. The van der Waals surface area contributed by atoms with Gasteiger partial charge in [0.2, 0.25) is 0 Å². The van der Waals surface area contributed by atoms with Crippen molar-refractivity contribution in [1.29, 1.82) is 0 Å². The molecule has 0 heterocycles. The molecule has 0 radical (unpaired) electrons. The highest BCUT2D eigenvalue weighted by Crippen LogP contribution is 2.18. The molecule has 0 N–H and O–H groups in total. The van der Waals surface area contributed by atoms with Gasteiger partial charge >= 0.3 is 17.9 Å². The molecule has 0 fully saturated rings. The van der Waals surface area contributed by atoms with Gasteiger partial charge in [-0.25, -0.2) is 0 Å². The van der Waals surface area contributed by atoms with E-state index in [-0.39, 0.29) is 31.1 Å². The van der Waals surface area contributed by atoms with Crippen LogP contribution in [0.25, 0.3) is 0 Å². The van der Waals surface area contributed by atoms with E-state index in [1.165, 1.54) is 257 Å². The van der Waals surface area contributed by atoms with Crippen molar-refractivity contribution in [3.8, 4) is 0 Å². The number of ether oxygens (including phenoxy) is 3. The molecule has 81 heavy (non-hydrogen) atoms. The minimum Gasteiger partial charge on any atom is -0.462 e. The van der Waals surface area contributed by atoms with E-state index in [2.05, 4.69) is 81.5 Å². The van der Waals surface area contributed by atoms with E-state index in [0.717, 1.165) is 83.5 Å². The van der Waals surface area contributed by atoms with Crippen LogP contribution in [0.3, 0.4) is 0 Å². The largest absolute Gasteiger partial charge is 0.462 e. The van der Waals surface area contributed by atoms with Gasteiger partial charge in [0.1, 0.15) is 13.2 Å². The van der Waals surface area contributed by atoms with Crippen LogP contribution in [0.1, 0.15) is 380 Å². The van der Waals surface area contributed by atoms with Gasteiger partial charge in [0.25, 0.3) is 0 Å². The molecule has 0 aromatic carbocycles. The molecule has 0 aromatic rings. The molecule has 0 rings (SSSR count). The van der Waals surface area contributed by atoms with Crippen molar-refractivity contribution in [2.75, 3.05) is 13.2 Å². The lowest BCUT2D eigenvalue weighted by Gasteiger charge is -2.18. The van der Waals surface area contributed by atoms with Crippen molar-refractivity contribution in [3.05, 3.63) is 60.8 Å². The van der Waals surface area contributed by atoms with Gasteiger partial charge in [-0.3, -0.25) is 14.4 Å². The second kappa shape index (κ2) is 69.6. The number of esters is 3. The Kier molecular flexibility index (Phi) is 67.1. The molecule has 0 aliphatic carbocycles. The summed E-state index contributed by atoms with van der Waals surface area (Å²) in [5.74, 6) is -0.854. The zero-order chi connectivity index (χ0) is 58.5. The molecule has 0 spiro atoms. The van der Waals surface area contributed by atoms with Gasteiger partial charge in [-0.2, -0.15) is 0 Å². The van der Waals surface area contributed by atoms with E-state index in [9.17, 15) is 14.4 Å². The average Bonchev–Trinajstić information content (AvgIpc) is 3.47. The number of carbonyl (C=O) groups is 3. The highest BCUT2D eigenvalue weighted by molar-refractivity contribution is 5.71. The van der Waals surface area contributed by atoms with Crippen LogP contribution in [0, 0.1) is 0 Å². The Morgan fingerprint density at radius 3 is 0.765 bits per heavy atom. The summed E-state index contributed by atoms with van der Waals surface area (Å²) in [7, 11) is 0. The van der Waals surface area contributed by atoms with Crippen molar-refractivity contribution in [1.82, 2.24) is 0 Å². The minimum absolute atomic E-state index is 0.0687. The van der Waals surface area contributed by atoms with Crippen molar-refractivity contribution >= 4 is 17.9 Å². The summed E-state index contributed by atoms with van der Waals surface area (Å²) in [5, 5.41) is 0. The van der Waals surface area contributed by atoms with Crippen LogP contribution in [-0.2, 0) is 28.6 Å². The fourth-order valence-corrected chi connectivity index (χ4v) is 10.7. The van der Waals surface area contributed by atoms with Crippen molar-refractivity contribution in [2.24, 2.45) is 0 Å². The predicted molar refractivity (Wildman–Crippen MR) is 353 cm³/mol. The van der Waals surface area contributed by atoms with E-state index in [0.29, 0.717) is 19.3 Å². The normalized spacial score (nSPS) is 12.4. The summed E-state index contributed by atoms with van der Waals surface area (Å²) in [6.07, 6.45) is 90.1. The number of hydrogen-bond acceptors (Lipinski definition) is 6. The molecule has 0 bridgehead atoms. The molecule has 0 amide bonds. The molecule has 0 aliphatic rings. The van der Waals surface area contributed by atoms with Crippen LogP contribution in [-0.4, -0.2) is 37.2 Å². The van der Waals surface area contributed by atoms with Gasteiger partial charge < -0.3 is 14.2 Å². The molecule has 6 nitrogen and oxygen atoms in total. The summed E-state index contributed by atoms with van der Waals surface area (Å²) in [5.41, 5.74) is 0. The van der Waals surface area contributed by atoms with Crippen LogP contribution >= 0.6 is 0 Å². The van der Waals surface area contributed by atoms with Gasteiger partial charge in [0, 0.05) is 19.3 Å². The summed E-state index contributed by atoms with van der Waals surface area (Å²) in [6, 6.07) is 0. The standard InChI is InChI=1S/C75H136O6/c1-4-7-10-13-16-18-20-22-24-26-28-30-31-32-33-34-35-36-37-38-39-40-41-42-43-45-46-48-50-52-54-56-59-62-65-68-74(77)80-71-72(70-79-73(76)67-64-61-58-15-12-9-6-3)81-75(78)69-66-63-60-57-55-53-51-49-47-44-29-27-25-23-21-19-17-14-11-8-5-2/h7,10,16,18,22,24,27-30,72H,4-6,8-9,11-15,17,19-21,23,25-26,31-71H2,1-3H3/b10-7-,18-16-,24-22-,29-27-,30-28-. The summed E-state index contributed by atoms with van der Waals surface area (Å²) >= 11 is 0. The van der Waals surface area contributed by atoms with Crippen LogP contribution < -0.4 is 0 Å². The van der Waals surface area contributed by atoms with Crippen LogP contribution in [0.2, 0.25) is 0 Å². The number of allylic oxidation sites excluding steroid dienone is 10. The Morgan fingerprint density at radius 2 is 0.481 bits per heavy atom. The Balaban J connectivity index is 3.96. The topological polar surface area (TPSA) is 78.9 Å². The van der Waals surface area contributed by atoms with Gasteiger partial charge in [0.05, 0.1) is 0 Å². The number of carbonyl (C=O) groups excluding carboxylic acids is 3. The van der Waals surface area contributed by atoms with Crippen molar-refractivity contribution in [3.63, 3.8) is 0 Å². The Hall–Kier alpha value is -2.89. The van der Waals surface area contributed by atoms with E-state index in [1.54, 1.807) is 0 Å². The second-order valence-electron chi connectivity index (χ2n) is 24.1. The summed E-state index contributed by atoms with van der Waals surface area (Å²) in [6.45, 7) is 6.54. The third-order valence-electron chi connectivity index (χ3n) is 16.0. The lowest BCUT2D eigenvalue weighted by Crippen LogP contribution is -2.30. The maximum absolute atomic E-state index is 12.9. The zero-order valence-electron chi connectivity index (χ0n) is 54.3. The summed E-state index contributed by atoms with van der Waals surface area (Å²) < 4.78 is 16.9. The quantitative estimate of drug-likeness (QED) is 0.0261. The van der Waals surface area contributed by atoms with Crippen molar-refractivity contribution < 1.29 is 28.6 Å². The Labute approximate surface area is 504 Å². The van der Waals surface area contributed by atoms with Gasteiger partial charge in [-0.05, 0) is 83.5 Å². The van der Waals surface area contributed by atoms with Crippen LogP contribution in [0.4, 0.5) is 0 Å². The van der Waals surface area contributed by atoms with Crippen molar-refractivity contribution in [2.45, 2.75) is 386 Å². The molecule has 6 heteroatoms. The number of unbranched alkanes of at least 4 members (excludes halogenated alkanes) is 45. The third-order valence-corrected chi connectivity index (χ3v) is 16.0. The first-order valence-electron chi connectivity index (χ1n) is 35.8. The first-order chi connectivity index (χ1) is 40.0. The first-order valence-corrected chi connectivity index (χ1v) is 35.8. The second-order valence-corrected chi connectivity index (χ2v) is 24.1. The lowest BCUT2D eigenvalue weighted by molar-refractivity contribution is -0.167. The molecule has 0 aliphatic heterocycles. The Bertz CT molecular complexity index is 1440. The van der Waals surface area contributed by atoms with Gasteiger partial charge in [-0.15, -0.1) is 0 Å². The molecule has 472 valence electrons. The molecular weight excluding hydrogens is 997 g/mol. The van der Waals surface area contributed by atoms with E-state index >= 15 is 0 Å². The molecular formula is C75H136O6. The Morgan fingerprint density at radius 1 is 0.259 bits per heavy atom. The molecule has 1 unspecified atom stereocenters. The maximum Gasteiger partial charge on any atom is 0.306 e. The summed E-state index contributed by atoms with van der Waals surface area (Å²) in [4.78, 5) is 38.2. The molecule has 1 atom stereocenters. The van der Waals surface area contributed by atoms with Gasteiger partial charge in [0.15, 0.2) is 6.10 Å². The number of hydrogen-bond donors (Lipinski definition) is 0. The first kappa shape index (κ1) is 78.1. The van der Waals surface area contributed by atoms with E-state index in [1.807, 2.05) is 0 Å². The van der Waals surface area contributed by atoms with Crippen LogP contribution in [0.15, 0.2) is 60.8 Å².